The van der Waals surface area contributed by atoms with Crippen molar-refractivity contribution in [3.63, 3.8) is 0 Å². The summed E-state index contributed by atoms with van der Waals surface area (Å²) >= 11 is 5.79. The Labute approximate surface area is 103 Å². The fraction of sp³-hybridized carbons (Fsp3) is 0.308. The van der Waals surface area contributed by atoms with Crippen LogP contribution in [0.2, 0.25) is 5.02 Å². The zero-order chi connectivity index (χ0) is 12.2. The lowest BCUT2D eigenvalue weighted by Crippen LogP contribution is -2.12. The molecule has 0 spiro atoms. The van der Waals surface area contributed by atoms with E-state index in [-0.39, 0.29) is 10.5 Å². The van der Waals surface area contributed by atoms with Crippen LogP contribution in [0.1, 0.15) is 24.4 Å². The number of halogens is 2. The molecule has 17 heavy (non-hydrogen) atoms. The van der Waals surface area contributed by atoms with Crippen LogP contribution < -0.4 is 5.43 Å². The molecule has 0 unspecified atom stereocenters. The minimum atomic E-state index is -0.538. The van der Waals surface area contributed by atoms with E-state index in [4.69, 9.17) is 11.6 Å². The van der Waals surface area contributed by atoms with E-state index in [1.165, 1.54) is 6.07 Å². The number of rotatable bonds is 1. The van der Waals surface area contributed by atoms with Gasteiger partial charge in [-0.1, -0.05) is 11.6 Å². The number of hydrogen-bond donors (Lipinski definition) is 0. The molecule has 1 aromatic heterocycles. The molecule has 0 amide bonds. The maximum absolute atomic E-state index is 13.4. The van der Waals surface area contributed by atoms with Gasteiger partial charge in [0.1, 0.15) is 5.82 Å². The number of nitrogens with zero attached hydrogens (tertiary/aromatic N) is 1. The summed E-state index contributed by atoms with van der Waals surface area (Å²) < 4.78 is 15.5. The third-order valence-corrected chi connectivity index (χ3v) is 3.48. The Balaban J connectivity index is 2.45. The molecule has 1 saturated carbocycles. The summed E-state index contributed by atoms with van der Waals surface area (Å²) in [5, 5.41) is 0.481. The Hall–Kier alpha value is -1.35. The van der Waals surface area contributed by atoms with Gasteiger partial charge in [0, 0.05) is 23.2 Å². The molecule has 2 nitrogen and oxygen atoms in total. The molecule has 1 aromatic carbocycles. The predicted octanol–water partition coefficient (Wildman–Crippen LogP) is 3.44. The van der Waals surface area contributed by atoms with Crippen LogP contribution in [0, 0.1) is 12.7 Å². The highest BCUT2D eigenvalue weighted by atomic mass is 35.5. The van der Waals surface area contributed by atoms with Gasteiger partial charge in [0.25, 0.3) is 0 Å². The van der Waals surface area contributed by atoms with E-state index in [9.17, 15) is 9.18 Å². The first kappa shape index (κ1) is 10.8. The molecule has 2 aromatic rings. The van der Waals surface area contributed by atoms with E-state index >= 15 is 0 Å². The number of aromatic nitrogens is 1. The van der Waals surface area contributed by atoms with Crippen LogP contribution in [0.4, 0.5) is 4.39 Å². The van der Waals surface area contributed by atoms with Gasteiger partial charge in [0.05, 0.1) is 10.5 Å². The second kappa shape index (κ2) is 3.57. The van der Waals surface area contributed by atoms with Gasteiger partial charge in [-0.15, -0.1) is 0 Å². The Bertz CT molecular complexity index is 673. The summed E-state index contributed by atoms with van der Waals surface area (Å²) in [5.74, 6) is -0.538. The van der Waals surface area contributed by atoms with Crippen LogP contribution in [-0.4, -0.2) is 4.57 Å². The third kappa shape index (κ3) is 1.65. The molecule has 1 heterocycles. The zero-order valence-corrected chi connectivity index (χ0v) is 10.1. The minimum Gasteiger partial charge on any atom is -0.344 e. The standard InChI is InChI=1S/C13H11ClFNO/c1-7-6-16(8-2-3-8)12-5-10(14)11(15)4-9(12)13(7)17/h4-6,8H,2-3H2,1H3. The monoisotopic (exact) mass is 251 g/mol. The van der Waals surface area contributed by atoms with Crippen molar-refractivity contribution in [2.24, 2.45) is 0 Å². The van der Waals surface area contributed by atoms with Gasteiger partial charge in [-0.2, -0.15) is 0 Å². The zero-order valence-electron chi connectivity index (χ0n) is 9.34. The van der Waals surface area contributed by atoms with Gasteiger partial charge in [-0.05, 0) is 31.9 Å². The van der Waals surface area contributed by atoms with E-state index < -0.39 is 5.82 Å². The number of aryl methyl sites for hydroxylation is 1. The van der Waals surface area contributed by atoms with Gasteiger partial charge < -0.3 is 4.57 Å². The summed E-state index contributed by atoms with van der Waals surface area (Å²) in [7, 11) is 0. The van der Waals surface area contributed by atoms with Gasteiger partial charge in [0.2, 0.25) is 0 Å². The number of fused-ring (bicyclic) bond motifs is 1. The van der Waals surface area contributed by atoms with Crippen molar-refractivity contribution >= 4 is 22.5 Å². The van der Waals surface area contributed by atoms with Crippen LogP contribution in [-0.2, 0) is 0 Å². The first-order chi connectivity index (χ1) is 8.08. The van der Waals surface area contributed by atoms with Crippen molar-refractivity contribution in [1.82, 2.24) is 4.57 Å². The van der Waals surface area contributed by atoms with Gasteiger partial charge in [-0.25, -0.2) is 4.39 Å². The molecule has 0 N–H and O–H groups in total. The predicted molar refractivity (Wildman–Crippen MR) is 66.2 cm³/mol. The Morgan fingerprint density at radius 1 is 1.41 bits per heavy atom. The number of benzene rings is 1. The topological polar surface area (TPSA) is 22.0 Å². The van der Waals surface area contributed by atoms with Gasteiger partial charge >= 0.3 is 0 Å². The van der Waals surface area contributed by atoms with Crippen molar-refractivity contribution in [1.29, 1.82) is 0 Å². The summed E-state index contributed by atoms with van der Waals surface area (Å²) in [6.07, 6.45) is 4.05. The Morgan fingerprint density at radius 2 is 2.12 bits per heavy atom. The summed E-state index contributed by atoms with van der Waals surface area (Å²) in [6, 6.07) is 3.22. The smallest absolute Gasteiger partial charge is 0.192 e. The molecule has 4 heteroatoms. The molecule has 1 aliphatic rings. The first-order valence-corrected chi connectivity index (χ1v) is 5.96. The van der Waals surface area contributed by atoms with Crippen LogP contribution in [0.5, 0.6) is 0 Å². The largest absolute Gasteiger partial charge is 0.344 e. The highest BCUT2D eigenvalue weighted by molar-refractivity contribution is 6.31. The van der Waals surface area contributed by atoms with Crippen molar-refractivity contribution in [3.8, 4) is 0 Å². The third-order valence-electron chi connectivity index (χ3n) is 3.19. The quantitative estimate of drug-likeness (QED) is 0.761. The van der Waals surface area contributed by atoms with E-state index in [1.54, 1.807) is 13.0 Å². The van der Waals surface area contributed by atoms with Crippen molar-refractivity contribution in [2.45, 2.75) is 25.8 Å². The number of hydrogen-bond acceptors (Lipinski definition) is 1. The van der Waals surface area contributed by atoms with E-state index in [0.29, 0.717) is 17.0 Å². The molecule has 0 atom stereocenters. The second-order valence-electron chi connectivity index (χ2n) is 4.56. The van der Waals surface area contributed by atoms with Gasteiger partial charge in [0.15, 0.2) is 5.43 Å². The Morgan fingerprint density at radius 3 is 2.76 bits per heavy atom. The lowest BCUT2D eigenvalue weighted by atomic mass is 10.1. The molecule has 0 saturated heterocycles. The molecule has 1 aliphatic carbocycles. The highest BCUT2D eigenvalue weighted by Crippen LogP contribution is 2.37. The minimum absolute atomic E-state index is 0.0650. The lowest BCUT2D eigenvalue weighted by molar-refractivity contribution is 0.629. The van der Waals surface area contributed by atoms with Crippen LogP contribution in [0.15, 0.2) is 23.1 Å². The fourth-order valence-electron chi connectivity index (χ4n) is 2.14. The summed E-state index contributed by atoms with van der Waals surface area (Å²) in [4.78, 5) is 12.0. The maximum atomic E-state index is 13.4. The van der Waals surface area contributed by atoms with E-state index in [2.05, 4.69) is 0 Å². The normalized spacial score (nSPS) is 15.5. The number of pyridine rings is 1. The summed E-state index contributed by atoms with van der Waals surface area (Å²) in [6.45, 7) is 1.76. The molecule has 0 bridgehead atoms. The molecule has 3 rings (SSSR count). The molecule has 1 fully saturated rings. The SMILES string of the molecule is Cc1cn(C2CC2)c2cc(Cl)c(F)cc2c1=O. The first-order valence-electron chi connectivity index (χ1n) is 5.58. The average molecular weight is 252 g/mol. The van der Waals surface area contributed by atoms with E-state index in [0.717, 1.165) is 18.4 Å². The maximum Gasteiger partial charge on any atom is 0.192 e. The highest BCUT2D eigenvalue weighted by Gasteiger charge is 2.25. The molecule has 0 radical (unpaired) electrons. The van der Waals surface area contributed by atoms with Crippen LogP contribution >= 0.6 is 11.6 Å². The van der Waals surface area contributed by atoms with Crippen LogP contribution in [0.25, 0.3) is 10.9 Å². The average Bonchev–Trinajstić information content (AvgIpc) is 3.10. The molecular weight excluding hydrogens is 241 g/mol. The van der Waals surface area contributed by atoms with Crippen molar-refractivity contribution in [2.75, 3.05) is 0 Å². The van der Waals surface area contributed by atoms with Crippen molar-refractivity contribution < 1.29 is 4.39 Å². The fourth-order valence-corrected chi connectivity index (χ4v) is 2.29. The summed E-state index contributed by atoms with van der Waals surface area (Å²) in [5.41, 5.74) is 1.26. The molecule has 0 aliphatic heterocycles. The van der Waals surface area contributed by atoms with Gasteiger partial charge in [-0.3, -0.25) is 4.79 Å². The Kier molecular flexibility index (Phi) is 2.26. The molecular formula is C13H11ClFNO. The molecule has 88 valence electrons. The van der Waals surface area contributed by atoms with Crippen molar-refractivity contribution in [3.05, 3.63) is 45.0 Å². The van der Waals surface area contributed by atoms with E-state index in [1.807, 2.05) is 10.8 Å². The second-order valence-corrected chi connectivity index (χ2v) is 4.97. The lowest BCUT2D eigenvalue weighted by Gasteiger charge is -2.11. The van der Waals surface area contributed by atoms with Crippen LogP contribution in [0.3, 0.4) is 0 Å².